The molecule has 1 fully saturated rings. The summed E-state index contributed by atoms with van der Waals surface area (Å²) in [5, 5.41) is 10.4. The number of hydrogen-bond acceptors (Lipinski definition) is 9. The van der Waals surface area contributed by atoms with Crippen LogP contribution in [0.1, 0.15) is 24.0 Å². The molecule has 0 spiro atoms. The number of aryl methyl sites for hydroxylation is 1. The van der Waals surface area contributed by atoms with E-state index in [1.807, 2.05) is 55.5 Å². The number of nitrogens with zero attached hydrogens (tertiary/aromatic N) is 5. The second-order valence-electron chi connectivity index (χ2n) is 11.2. The van der Waals surface area contributed by atoms with Crippen molar-refractivity contribution in [3.05, 3.63) is 91.8 Å². The first-order valence-corrected chi connectivity index (χ1v) is 15.2. The van der Waals surface area contributed by atoms with Crippen LogP contribution >= 0.6 is 11.6 Å². The standard InChI is InChI=1S/C33H33ClN8O4/c1-18-21(7-6-10-24(18)39-29-27-30(37-17-36-29)41(2)33(45)42(3)32(27)44)22-8-5-9-23(28(22)34)25-13-11-19(31(40-25)46-4)15-35-16-20-12-14-26(43)38-20/h5-11,13,17,20,35H,12,14-16H2,1-4H3,(H,38,43)(H,36,37,39)/t20-/m1/s1. The molecule has 236 valence electrons. The van der Waals surface area contributed by atoms with Gasteiger partial charge in [-0.25, -0.2) is 19.7 Å². The number of nitrogens with one attached hydrogen (secondary N) is 3. The molecule has 4 heterocycles. The fourth-order valence-corrected chi connectivity index (χ4v) is 6.09. The number of carbonyl (C=O) groups excluding carboxylic acids is 1. The van der Waals surface area contributed by atoms with Crippen LogP contribution in [0.2, 0.25) is 5.02 Å². The Morgan fingerprint density at radius 2 is 1.76 bits per heavy atom. The molecule has 1 saturated heterocycles. The minimum absolute atomic E-state index is 0.0910. The number of ether oxygens (including phenoxy) is 1. The number of rotatable bonds is 9. The molecule has 1 atom stereocenters. The summed E-state index contributed by atoms with van der Waals surface area (Å²) >= 11 is 7.07. The van der Waals surface area contributed by atoms with Gasteiger partial charge in [-0.1, -0.05) is 48.0 Å². The summed E-state index contributed by atoms with van der Waals surface area (Å²) in [6.45, 7) is 3.17. The van der Waals surface area contributed by atoms with Crippen molar-refractivity contribution in [2.24, 2.45) is 14.1 Å². The summed E-state index contributed by atoms with van der Waals surface area (Å²) in [5.41, 5.74) is 4.85. The predicted molar refractivity (Wildman–Crippen MR) is 178 cm³/mol. The highest BCUT2D eigenvalue weighted by Crippen LogP contribution is 2.39. The lowest BCUT2D eigenvalue weighted by molar-refractivity contribution is -0.119. The second-order valence-corrected chi connectivity index (χ2v) is 11.6. The summed E-state index contributed by atoms with van der Waals surface area (Å²) < 4.78 is 7.99. The Morgan fingerprint density at radius 3 is 2.52 bits per heavy atom. The fourth-order valence-electron chi connectivity index (χ4n) is 5.76. The molecule has 6 rings (SSSR count). The summed E-state index contributed by atoms with van der Waals surface area (Å²) in [4.78, 5) is 50.3. The molecule has 2 aromatic carbocycles. The average Bonchev–Trinajstić information content (AvgIpc) is 3.48. The van der Waals surface area contributed by atoms with E-state index in [1.165, 1.54) is 17.9 Å². The topological polar surface area (TPSA) is 145 Å². The monoisotopic (exact) mass is 640 g/mol. The zero-order chi connectivity index (χ0) is 32.5. The Morgan fingerprint density at radius 1 is 1.00 bits per heavy atom. The molecule has 0 bridgehead atoms. The highest BCUT2D eigenvalue weighted by Gasteiger charge is 2.21. The summed E-state index contributed by atoms with van der Waals surface area (Å²) in [7, 11) is 4.58. The number of fused-ring (bicyclic) bond motifs is 1. The number of methoxy groups -OCH3 is 1. The van der Waals surface area contributed by atoms with Crippen molar-refractivity contribution in [1.82, 2.24) is 34.7 Å². The first-order chi connectivity index (χ1) is 22.2. The van der Waals surface area contributed by atoms with Gasteiger partial charge < -0.3 is 20.7 Å². The molecule has 46 heavy (non-hydrogen) atoms. The quantitative estimate of drug-likeness (QED) is 0.219. The van der Waals surface area contributed by atoms with Crippen molar-refractivity contribution in [3.63, 3.8) is 0 Å². The van der Waals surface area contributed by atoms with Crippen LogP contribution in [0, 0.1) is 6.92 Å². The van der Waals surface area contributed by atoms with Gasteiger partial charge in [0.1, 0.15) is 17.5 Å². The third-order valence-electron chi connectivity index (χ3n) is 8.31. The normalized spacial score (nSPS) is 14.5. The van der Waals surface area contributed by atoms with E-state index < -0.39 is 11.2 Å². The van der Waals surface area contributed by atoms with E-state index in [9.17, 15) is 14.4 Å². The van der Waals surface area contributed by atoms with Gasteiger partial charge in [0.05, 0.1) is 17.8 Å². The van der Waals surface area contributed by atoms with Crippen molar-refractivity contribution >= 4 is 40.0 Å². The van der Waals surface area contributed by atoms with Crippen molar-refractivity contribution < 1.29 is 9.53 Å². The van der Waals surface area contributed by atoms with Gasteiger partial charge in [0.25, 0.3) is 5.56 Å². The van der Waals surface area contributed by atoms with Crippen molar-refractivity contribution in [1.29, 1.82) is 0 Å². The van der Waals surface area contributed by atoms with Gasteiger partial charge >= 0.3 is 5.69 Å². The smallest absolute Gasteiger partial charge is 0.332 e. The molecule has 1 amide bonds. The Balaban J connectivity index is 1.30. The maximum absolute atomic E-state index is 13.1. The van der Waals surface area contributed by atoms with E-state index >= 15 is 0 Å². The van der Waals surface area contributed by atoms with Crippen molar-refractivity contribution in [3.8, 4) is 28.3 Å². The second kappa shape index (κ2) is 12.7. The van der Waals surface area contributed by atoms with E-state index in [1.54, 1.807) is 14.2 Å². The third kappa shape index (κ3) is 5.72. The lowest BCUT2D eigenvalue weighted by Gasteiger charge is -2.17. The molecule has 13 heteroatoms. The van der Waals surface area contributed by atoms with Gasteiger partial charge in [-0.2, -0.15) is 0 Å². The fraction of sp³-hybridized carbons (Fsp3) is 0.273. The Kier molecular flexibility index (Phi) is 8.57. The Bertz CT molecular complexity index is 2110. The molecule has 1 aliphatic heterocycles. The molecular formula is C33H33ClN8O4. The number of hydrogen-bond donors (Lipinski definition) is 3. The minimum atomic E-state index is -0.488. The van der Waals surface area contributed by atoms with Crippen LogP contribution < -0.4 is 31.9 Å². The molecule has 0 unspecified atom stereocenters. The van der Waals surface area contributed by atoms with Crippen LogP contribution in [-0.2, 0) is 25.4 Å². The van der Waals surface area contributed by atoms with Crippen LogP contribution in [0.4, 0.5) is 11.5 Å². The molecule has 1 aliphatic rings. The summed E-state index contributed by atoms with van der Waals surface area (Å²) in [6.07, 6.45) is 2.71. The molecule has 3 aromatic heterocycles. The highest BCUT2D eigenvalue weighted by molar-refractivity contribution is 6.36. The maximum Gasteiger partial charge on any atom is 0.332 e. The number of benzene rings is 2. The van der Waals surface area contributed by atoms with Crippen molar-refractivity contribution in [2.45, 2.75) is 32.4 Å². The van der Waals surface area contributed by atoms with E-state index in [2.05, 4.69) is 25.9 Å². The number of aromatic nitrogens is 5. The Hall–Kier alpha value is -5.07. The molecule has 0 saturated carbocycles. The van der Waals surface area contributed by atoms with Crippen LogP contribution in [0.5, 0.6) is 5.88 Å². The van der Waals surface area contributed by atoms with E-state index in [4.69, 9.17) is 21.3 Å². The van der Waals surface area contributed by atoms with Gasteiger partial charge in [-0.3, -0.25) is 18.7 Å². The molecule has 0 aliphatic carbocycles. The van der Waals surface area contributed by atoms with Crippen LogP contribution in [-0.4, -0.2) is 49.7 Å². The largest absolute Gasteiger partial charge is 0.481 e. The highest BCUT2D eigenvalue weighted by atomic mass is 35.5. The first kappa shape index (κ1) is 30.9. The maximum atomic E-state index is 13.1. The number of carbonyl (C=O) groups is 1. The molecule has 12 nitrogen and oxygen atoms in total. The zero-order valence-electron chi connectivity index (χ0n) is 25.8. The molecule has 5 aromatic rings. The van der Waals surface area contributed by atoms with E-state index in [-0.39, 0.29) is 23.0 Å². The lowest BCUT2D eigenvalue weighted by Crippen LogP contribution is -2.37. The zero-order valence-corrected chi connectivity index (χ0v) is 26.6. The van der Waals surface area contributed by atoms with Gasteiger partial charge in [0.15, 0.2) is 5.65 Å². The van der Waals surface area contributed by atoms with Crippen LogP contribution in [0.3, 0.4) is 0 Å². The molecule has 3 N–H and O–H groups in total. The number of pyridine rings is 1. The summed E-state index contributed by atoms with van der Waals surface area (Å²) in [5.74, 6) is 0.874. The lowest BCUT2D eigenvalue weighted by atomic mass is 9.96. The van der Waals surface area contributed by atoms with Gasteiger partial charge in [-0.05, 0) is 36.6 Å². The van der Waals surface area contributed by atoms with E-state index in [0.717, 1.165) is 38.8 Å². The van der Waals surface area contributed by atoms with Crippen molar-refractivity contribution in [2.75, 3.05) is 19.0 Å². The van der Waals surface area contributed by atoms with Gasteiger partial charge in [-0.15, -0.1) is 0 Å². The van der Waals surface area contributed by atoms with E-state index in [0.29, 0.717) is 47.6 Å². The first-order valence-electron chi connectivity index (χ1n) is 14.8. The van der Waals surface area contributed by atoms with Crippen LogP contribution in [0.15, 0.2) is 64.4 Å². The number of halogens is 1. The SMILES string of the molecule is COc1nc(-c2cccc(-c3cccc(Nc4ncnc5c4c(=O)n(C)c(=O)n5C)c3C)c2Cl)ccc1CNC[C@H]1CCC(=O)N1. The predicted octanol–water partition coefficient (Wildman–Crippen LogP) is 3.84. The average molecular weight is 641 g/mol. The number of amides is 1. The van der Waals surface area contributed by atoms with Crippen LogP contribution in [0.25, 0.3) is 33.4 Å². The molecular weight excluding hydrogens is 608 g/mol. The third-order valence-corrected chi connectivity index (χ3v) is 8.72. The summed E-state index contributed by atoms with van der Waals surface area (Å²) in [6, 6.07) is 15.6. The minimum Gasteiger partial charge on any atom is -0.481 e. The van der Waals surface area contributed by atoms with Gasteiger partial charge in [0, 0.05) is 62.0 Å². The Labute approximate surface area is 269 Å². The molecule has 0 radical (unpaired) electrons. The van der Waals surface area contributed by atoms with Gasteiger partial charge in [0.2, 0.25) is 11.8 Å². The number of anilines is 2.